The van der Waals surface area contributed by atoms with E-state index in [2.05, 4.69) is 4.98 Å². The summed E-state index contributed by atoms with van der Waals surface area (Å²) in [5.41, 5.74) is 0.886. The summed E-state index contributed by atoms with van der Waals surface area (Å²) in [4.78, 5) is 18.2. The van der Waals surface area contributed by atoms with Crippen molar-refractivity contribution >= 4 is 23.1 Å². The number of fused-ring (bicyclic) bond motifs is 1. The summed E-state index contributed by atoms with van der Waals surface area (Å²) in [6.45, 7) is 3.30. The summed E-state index contributed by atoms with van der Waals surface area (Å²) < 4.78 is 5.78. The highest BCUT2D eigenvalue weighted by Gasteiger charge is 2.42. The molecule has 1 N–H and O–H groups in total. The van der Waals surface area contributed by atoms with E-state index in [0.29, 0.717) is 19.0 Å². The van der Waals surface area contributed by atoms with Crippen LogP contribution < -0.4 is 4.90 Å². The Morgan fingerprint density at radius 1 is 1.48 bits per heavy atom. The van der Waals surface area contributed by atoms with E-state index < -0.39 is 11.4 Å². The van der Waals surface area contributed by atoms with Crippen molar-refractivity contribution in [3.63, 3.8) is 0 Å². The first-order valence-corrected chi connectivity index (χ1v) is 7.48. The van der Waals surface area contributed by atoms with E-state index in [4.69, 9.17) is 4.42 Å². The second kappa shape index (κ2) is 5.39. The number of oxazole rings is 1. The third-order valence-electron chi connectivity index (χ3n) is 4.31. The molecule has 1 fully saturated rings. The number of aliphatic carboxylic acids is 1. The molecular formula is C16H20N2O3. The fourth-order valence-electron chi connectivity index (χ4n) is 3.25. The molecule has 3 rings (SSSR count). The highest BCUT2D eigenvalue weighted by Crippen LogP contribution is 2.37. The largest absolute Gasteiger partial charge is 0.481 e. The summed E-state index contributed by atoms with van der Waals surface area (Å²) >= 11 is 0. The van der Waals surface area contributed by atoms with Gasteiger partial charge in [-0.15, -0.1) is 0 Å². The van der Waals surface area contributed by atoms with E-state index in [-0.39, 0.29) is 0 Å². The molecule has 1 unspecified atom stereocenters. The molecule has 5 nitrogen and oxygen atoms in total. The lowest BCUT2D eigenvalue weighted by Gasteiger charge is -2.39. The molecule has 1 atom stereocenters. The molecule has 5 heteroatoms. The molecule has 1 aliphatic heterocycles. The van der Waals surface area contributed by atoms with Crippen LogP contribution in [0.1, 0.15) is 32.6 Å². The number of piperidine rings is 1. The summed E-state index contributed by atoms with van der Waals surface area (Å²) in [6.07, 6.45) is 3.14. The smallest absolute Gasteiger partial charge is 0.311 e. The lowest BCUT2D eigenvalue weighted by Crippen LogP contribution is -2.48. The monoisotopic (exact) mass is 288 g/mol. The van der Waals surface area contributed by atoms with Crippen molar-refractivity contribution in [2.75, 3.05) is 18.0 Å². The second-order valence-corrected chi connectivity index (χ2v) is 5.82. The number of rotatable bonds is 4. The summed E-state index contributed by atoms with van der Waals surface area (Å²) in [6, 6.07) is 8.16. The molecule has 2 aromatic rings. The van der Waals surface area contributed by atoms with Crippen molar-refractivity contribution in [2.45, 2.75) is 32.6 Å². The SMILES string of the molecule is CCCC1(C(=O)O)CCCN(c2nc3ccccc3o2)C1. The van der Waals surface area contributed by atoms with Crippen LogP contribution in [0.3, 0.4) is 0 Å². The Hall–Kier alpha value is -2.04. The molecule has 0 aliphatic carbocycles. The van der Waals surface area contributed by atoms with Gasteiger partial charge in [0.2, 0.25) is 0 Å². The molecule has 21 heavy (non-hydrogen) atoms. The van der Waals surface area contributed by atoms with Crippen molar-refractivity contribution in [1.29, 1.82) is 0 Å². The van der Waals surface area contributed by atoms with Gasteiger partial charge >= 0.3 is 5.97 Å². The number of carboxylic acid groups (broad SMARTS) is 1. The normalized spacial score (nSPS) is 22.6. The highest BCUT2D eigenvalue weighted by atomic mass is 16.4. The molecule has 0 amide bonds. The van der Waals surface area contributed by atoms with Crippen molar-refractivity contribution in [1.82, 2.24) is 4.98 Å². The van der Waals surface area contributed by atoms with E-state index in [0.717, 1.165) is 36.9 Å². The molecular weight excluding hydrogens is 268 g/mol. The van der Waals surface area contributed by atoms with Crippen LogP contribution in [0.25, 0.3) is 11.1 Å². The van der Waals surface area contributed by atoms with Gasteiger partial charge in [0.05, 0.1) is 5.41 Å². The van der Waals surface area contributed by atoms with Crippen molar-refractivity contribution in [3.8, 4) is 0 Å². The highest BCUT2D eigenvalue weighted by molar-refractivity contribution is 5.77. The number of benzene rings is 1. The van der Waals surface area contributed by atoms with Gasteiger partial charge in [-0.25, -0.2) is 0 Å². The number of anilines is 1. The fraction of sp³-hybridized carbons (Fsp3) is 0.500. The molecule has 0 radical (unpaired) electrons. The lowest BCUT2D eigenvalue weighted by atomic mass is 9.76. The van der Waals surface area contributed by atoms with Gasteiger partial charge in [0.1, 0.15) is 5.52 Å². The molecule has 1 aliphatic rings. The number of carboxylic acids is 1. The average Bonchev–Trinajstić information content (AvgIpc) is 2.91. The van der Waals surface area contributed by atoms with Crippen molar-refractivity contribution < 1.29 is 14.3 Å². The first kappa shape index (κ1) is 13.9. The van der Waals surface area contributed by atoms with Gasteiger partial charge in [-0.3, -0.25) is 4.79 Å². The van der Waals surface area contributed by atoms with Crippen molar-refractivity contribution in [2.24, 2.45) is 5.41 Å². The Labute approximate surface area is 123 Å². The van der Waals surface area contributed by atoms with Crippen molar-refractivity contribution in [3.05, 3.63) is 24.3 Å². The quantitative estimate of drug-likeness (QED) is 0.935. The van der Waals surface area contributed by atoms with E-state index >= 15 is 0 Å². The summed E-state index contributed by atoms with van der Waals surface area (Å²) in [5.74, 6) is -0.704. The maximum atomic E-state index is 11.7. The molecule has 0 bridgehead atoms. The maximum Gasteiger partial charge on any atom is 0.311 e. The Morgan fingerprint density at radius 3 is 3.00 bits per heavy atom. The molecule has 0 spiro atoms. The van der Waals surface area contributed by atoms with E-state index in [1.54, 1.807) is 0 Å². The number of para-hydroxylation sites is 2. The lowest BCUT2D eigenvalue weighted by molar-refractivity contribution is -0.150. The van der Waals surface area contributed by atoms with Gasteiger partial charge in [0.15, 0.2) is 5.58 Å². The fourth-order valence-corrected chi connectivity index (χ4v) is 3.25. The minimum absolute atomic E-state index is 0.475. The van der Waals surface area contributed by atoms with Gasteiger partial charge in [-0.1, -0.05) is 25.5 Å². The van der Waals surface area contributed by atoms with Crippen LogP contribution in [0.5, 0.6) is 0 Å². The zero-order valence-corrected chi connectivity index (χ0v) is 12.2. The first-order chi connectivity index (χ1) is 10.1. The topological polar surface area (TPSA) is 66.6 Å². The number of carbonyl (C=O) groups is 1. The molecule has 2 heterocycles. The van der Waals surface area contributed by atoms with E-state index in [1.807, 2.05) is 36.1 Å². The van der Waals surface area contributed by atoms with Crippen LogP contribution in [0.15, 0.2) is 28.7 Å². The first-order valence-electron chi connectivity index (χ1n) is 7.48. The molecule has 1 aromatic heterocycles. The maximum absolute atomic E-state index is 11.7. The van der Waals surface area contributed by atoms with Gasteiger partial charge in [0.25, 0.3) is 6.01 Å². The van der Waals surface area contributed by atoms with Crippen LogP contribution in [0.2, 0.25) is 0 Å². The minimum Gasteiger partial charge on any atom is -0.481 e. The van der Waals surface area contributed by atoms with Crippen LogP contribution >= 0.6 is 0 Å². The number of hydrogen-bond donors (Lipinski definition) is 1. The third-order valence-corrected chi connectivity index (χ3v) is 4.31. The molecule has 1 saturated heterocycles. The van der Waals surface area contributed by atoms with Gasteiger partial charge in [0, 0.05) is 13.1 Å². The zero-order valence-electron chi connectivity index (χ0n) is 12.2. The average molecular weight is 288 g/mol. The van der Waals surface area contributed by atoms with Gasteiger partial charge in [-0.05, 0) is 31.4 Å². The zero-order chi connectivity index (χ0) is 14.9. The Kier molecular flexibility index (Phi) is 3.57. The third kappa shape index (κ3) is 2.48. The summed E-state index contributed by atoms with van der Waals surface area (Å²) in [5, 5.41) is 9.65. The van der Waals surface area contributed by atoms with Gasteiger partial charge in [-0.2, -0.15) is 4.98 Å². The number of hydrogen-bond acceptors (Lipinski definition) is 4. The Morgan fingerprint density at radius 2 is 2.29 bits per heavy atom. The minimum atomic E-state index is -0.704. The van der Waals surface area contributed by atoms with Crippen LogP contribution in [0.4, 0.5) is 6.01 Å². The number of nitrogens with zero attached hydrogens (tertiary/aromatic N) is 2. The molecule has 0 saturated carbocycles. The van der Waals surface area contributed by atoms with E-state index in [9.17, 15) is 9.90 Å². The van der Waals surface area contributed by atoms with Gasteiger partial charge < -0.3 is 14.4 Å². The summed E-state index contributed by atoms with van der Waals surface area (Å²) in [7, 11) is 0. The van der Waals surface area contributed by atoms with Crippen LogP contribution in [0, 0.1) is 5.41 Å². The Balaban J connectivity index is 1.89. The van der Waals surface area contributed by atoms with Crippen LogP contribution in [-0.4, -0.2) is 29.1 Å². The second-order valence-electron chi connectivity index (χ2n) is 5.82. The standard InChI is InChI=1S/C16H20N2O3/c1-2-8-16(14(19)20)9-5-10-18(11-16)15-17-12-6-3-4-7-13(12)21-15/h3-4,6-7H,2,5,8-11H2,1H3,(H,19,20). The molecule has 1 aromatic carbocycles. The predicted molar refractivity (Wildman–Crippen MR) is 80.4 cm³/mol. The Bertz CT molecular complexity index is 615. The number of aromatic nitrogens is 1. The van der Waals surface area contributed by atoms with E-state index in [1.165, 1.54) is 0 Å². The van der Waals surface area contributed by atoms with Crippen LogP contribution in [-0.2, 0) is 4.79 Å². The predicted octanol–water partition coefficient (Wildman–Crippen LogP) is 3.30. The molecule has 112 valence electrons.